The molecule has 5 rings (SSSR count). The first kappa shape index (κ1) is 49.0. The third kappa shape index (κ3) is 15.7. The second-order valence-corrected chi connectivity index (χ2v) is 16.6. The number of amides is 4. The molecule has 1 saturated heterocycles. The Bertz CT molecular complexity index is 1560. The summed E-state index contributed by atoms with van der Waals surface area (Å²) in [7, 11) is 3.51. The van der Waals surface area contributed by atoms with E-state index in [1.165, 1.54) is 70.9 Å². The van der Waals surface area contributed by atoms with E-state index in [1.807, 2.05) is 34.6 Å². The molecule has 1 aliphatic heterocycles. The summed E-state index contributed by atoms with van der Waals surface area (Å²) in [6.45, 7) is 15.4. The van der Waals surface area contributed by atoms with Gasteiger partial charge < -0.3 is 20.9 Å². The summed E-state index contributed by atoms with van der Waals surface area (Å²) in [6.07, 6.45) is 19.9. The maximum atomic E-state index is 14.6. The number of nitrogens with one attached hydrogen (secondary N) is 3. The zero-order chi connectivity index (χ0) is 42.2. The number of hydrogen-bond acceptors (Lipinski definition) is 4. The zero-order valence-corrected chi connectivity index (χ0v) is 37.0. The van der Waals surface area contributed by atoms with Crippen molar-refractivity contribution in [2.75, 3.05) is 11.9 Å². The van der Waals surface area contributed by atoms with Crippen LogP contribution in [0.15, 0.2) is 35.9 Å². The Morgan fingerprint density at radius 3 is 2.21 bits per heavy atom. The van der Waals surface area contributed by atoms with Crippen molar-refractivity contribution in [1.82, 2.24) is 15.5 Å². The molecule has 0 aromatic heterocycles. The van der Waals surface area contributed by atoms with Crippen LogP contribution in [-0.4, -0.2) is 64.4 Å². The molecule has 8 nitrogen and oxygen atoms in total. The summed E-state index contributed by atoms with van der Waals surface area (Å²) in [6, 6.07) is 0.0842. The first-order chi connectivity index (χ1) is 26.5. The molecule has 0 radical (unpaired) electrons. The van der Waals surface area contributed by atoms with Crippen LogP contribution >= 0.6 is 20.5 Å². The van der Waals surface area contributed by atoms with E-state index < -0.39 is 48.7 Å². The fraction of sp³-hybridized carbons (Fsp3) is 0.659. The highest BCUT2D eigenvalue weighted by atomic mass is 35.5. The van der Waals surface area contributed by atoms with Crippen molar-refractivity contribution in [2.45, 2.75) is 163 Å². The average Bonchev–Trinajstić information content (AvgIpc) is 3.94. The van der Waals surface area contributed by atoms with Gasteiger partial charge in [0.1, 0.15) is 12.1 Å². The molecular formula is C44H68ClF2N4O4P. The van der Waals surface area contributed by atoms with Crippen LogP contribution in [0.5, 0.6) is 0 Å². The number of likely N-dealkylation sites (tertiary alicyclic amines) is 1. The van der Waals surface area contributed by atoms with Gasteiger partial charge in [0, 0.05) is 24.9 Å². The summed E-state index contributed by atoms with van der Waals surface area (Å²) in [5.74, 6) is -3.92. The highest BCUT2D eigenvalue weighted by Gasteiger charge is 2.51. The van der Waals surface area contributed by atoms with E-state index in [9.17, 15) is 28.0 Å². The fourth-order valence-corrected chi connectivity index (χ4v) is 7.57. The lowest BCUT2D eigenvalue weighted by Gasteiger charge is -2.38. The minimum atomic E-state index is -3.24. The summed E-state index contributed by atoms with van der Waals surface area (Å²) in [5, 5.41) is 9.11. The lowest BCUT2D eigenvalue weighted by atomic mass is 9.73. The minimum absolute atomic E-state index is 0.127. The maximum absolute atomic E-state index is 14.6. The van der Waals surface area contributed by atoms with Crippen molar-refractivity contribution >= 4 is 55.1 Å². The quantitative estimate of drug-likeness (QED) is 0.172. The van der Waals surface area contributed by atoms with Crippen molar-refractivity contribution in [3.8, 4) is 0 Å². The average molecular weight is 821 g/mol. The summed E-state index contributed by atoms with van der Waals surface area (Å²) in [5.41, 5.74) is 2.58. The molecule has 56 heavy (non-hydrogen) atoms. The van der Waals surface area contributed by atoms with Crippen LogP contribution in [0.1, 0.15) is 148 Å². The molecule has 0 bridgehead atoms. The molecule has 3 N–H and O–H groups in total. The van der Waals surface area contributed by atoms with E-state index in [0.29, 0.717) is 23.6 Å². The monoisotopic (exact) mass is 820 g/mol. The first-order valence-electron chi connectivity index (χ1n) is 20.8. The normalized spacial score (nSPS) is 20.0. The third-order valence-corrected chi connectivity index (χ3v) is 11.2. The lowest BCUT2D eigenvalue weighted by Crippen LogP contribution is -2.55. The van der Waals surface area contributed by atoms with Gasteiger partial charge in [-0.3, -0.25) is 19.2 Å². The Morgan fingerprint density at radius 1 is 0.982 bits per heavy atom. The molecule has 2 saturated carbocycles. The second-order valence-electron chi connectivity index (χ2n) is 15.3. The number of carbonyl (C=O) groups is 4. The van der Waals surface area contributed by atoms with E-state index in [2.05, 4.69) is 50.0 Å². The van der Waals surface area contributed by atoms with Crippen LogP contribution in [0.25, 0.3) is 0 Å². The van der Waals surface area contributed by atoms with Crippen LogP contribution in [0.4, 0.5) is 14.5 Å². The van der Waals surface area contributed by atoms with E-state index >= 15 is 0 Å². The number of hydrogen-bond donors (Lipinski definition) is 3. The third-order valence-electron chi connectivity index (χ3n) is 10.7. The van der Waals surface area contributed by atoms with E-state index in [-0.39, 0.29) is 28.5 Å². The summed E-state index contributed by atoms with van der Waals surface area (Å²) >= 11 is 6.20. The minimum Gasteiger partial charge on any atom is -0.351 e. The number of allylic oxidation sites excluding steroid dienone is 4. The van der Waals surface area contributed by atoms with Crippen LogP contribution in [-0.2, 0) is 14.4 Å². The van der Waals surface area contributed by atoms with Gasteiger partial charge in [-0.2, -0.15) is 0 Å². The Hall–Kier alpha value is -3.10. The molecule has 1 heterocycles. The molecule has 3 aliphatic carbocycles. The van der Waals surface area contributed by atoms with E-state index in [1.54, 1.807) is 12.5 Å². The van der Waals surface area contributed by atoms with Gasteiger partial charge in [0.25, 0.3) is 11.8 Å². The predicted octanol–water partition coefficient (Wildman–Crippen LogP) is 10.5. The highest BCUT2D eigenvalue weighted by molar-refractivity contribution is 7.20. The van der Waals surface area contributed by atoms with Gasteiger partial charge in [-0.15, -0.1) is 8.86 Å². The molecule has 1 aromatic carbocycles. The number of benzene rings is 1. The van der Waals surface area contributed by atoms with Crippen LogP contribution < -0.4 is 16.0 Å². The summed E-state index contributed by atoms with van der Waals surface area (Å²) in [4.78, 5) is 51.9. The Morgan fingerprint density at radius 2 is 1.64 bits per heavy atom. The van der Waals surface area contributed by atoms with Crippen molar-refractivity contribution < 1.29 is 28.0 Å². The number of anilines is 1. The number of nitrogens with zero attached hydrogens (tertiary/aromatic N) is 1. The molecule has 3 fully saturated rings. The largest absolute Gasteiger partial charge is 0.351 e. The van der Waals surface area contributed by atoms with Gasteiger partial charge in [0.2, 0.25) is 17.7 Å². The Labute approximate surface area is 342 Å². The number of aryl methyl sites for hydroxylation is 1. The maximum Gasteiger partial charge on any atom is 0.267 e. The van der Waals surface area contributed by atoms with Gasteiger partial charge >= 0.3 is 0 Å². The SMILES string of the molecule is C1=CC(CCC2CC2)=CCCC1.CC.CC.CC(=O)Nc1cc(C)c(C(=O)NC(C)C(=O)N2CC(F)(F)CC2C(=O)NC(CC(C)=P)C(C)C2CCC2)cc1Cl. The topological polar surface area (TPSA) is 108 Å². The Balaban J connectivity index is 0.000000562. The number of alkyl halides is 2. The van der Waals surface area contributed by atoms with Gasteiger partial charge in [0.15, 0.2) is 0 Å². The van der Waals surface area contributed by atoms with Gasteiger partial charge in [-0.05, 0) is 94.7 Å². The molecule has 4 atom stereocenters. The molecule has 4 aliphatic rings. The number of rotatable bonds is 13. The predicted molar refractivity (Wildman–Crippen MR) is 230 cm³/mol. The molecule has 4 unspecified atom stereocenters. The van der Waals surface area contributed by atoms with Gasteiger partial charge in [-0.1, -0.05) is 107 Å². The summed E-state index contributed by atoms with van der Waals surface area (Å²) < 4.78 is 29.1. The van der Waals surface area contributed by atoms with Crippen LogP contribution in [0, 0.1) is 24.7 Å². The first-order valence-corrected chi connectivity index (χ1v) is 21.7. The van der Waals surface area contributed by atoms with Crippen LogP contribution in [0.2, 0.25) is 5.02 Å². The lowest BCUT2D eigenvalue weighted by molar-refractivity contribution is -0.140. The molecule has 314 valence electrons. The fourth-order valence-electron chi connectivity index (χ4n) is 7.14. The smallest absolute Gasteiger partial charge is 0.267 e. The zero-order valence-electron chi connectivity index (χ0n) is 35.3. The van der Waals surface area contributed by atoms with Crippen molar-refractivity contribution in [3.05, 3.63) is 52.1 Å². The molecule has 0 spiro atoms. The second kappa shape index (κ2) is 24.0. The van der Waals surface area contributed by atoms with Gasteiger partial charge in [0.05, 0.1) is 17.3 Å². The Kier molecular flexibility index (Phi) is 21.0. The van der Waals surface area contributed by atoms with Gasteiger partial charge in [-0.25, -0.2) is 8.78 Å². The molecule has 4 amide bonds. The molecule has 1 aromatic rings. The number of halogens is 3. The van der Waals surface area contributed by atoms with E-state index in [0.717, 1.165) is 35.4 Å². The van der Waals surface area contributed by atoms with Crippen molar-refractivity contribution in [1.29, 1.82) is 0 Å². The highest BCUT2D eigenvalue weighted by Crippen LogP contribution is 2.37. The standard InChI is InChI=1S/C28H38ClF2N4O4P.C12H18.2C2H6/c1-14-9-23(33-18(5)36)21(29)11-20(14)25(37)32-17(4)27(39)35-13-28(30,31)12-24(35)26(38)34-22(10-15(2)40)16(3)19-7-6-8-19;1-2-4-6-11(5-3-1)7-8-12-9-10-12;2*1-2/h9,11,16-17,19,22,24,40H,6-8,10,12-13H2,1-5H3,(H,32,37)(H,33,36)(H,34,38);3,5-6,12H,1-2,4,7-10H2;2*1-2H3. The van der Waals surface area contributed by atoms with E-state index in [4.69, 9.17) is 11.6 Å². The molecule has 12 heteroatoms. The van der Waals surface area contributed by atoms with Crippen LogP contribution in [0.3, 0.4) is 0 Å². The van der Waals surface area contributed by atoms with Crippen molar-refractivity contribution in [2.24, 2.45) is 17.8 Å². The number of carbonyl (C=O) groups excluding carboxylic acids is 4. The van der Waals surface area contributed by atoms with Crippen molar-refractivity contribution in [3.63, 3.8) is 0 Å². The molecular weight excluding hydrogens is 753 g/mol.